The maximum absolute atomic E-state index is 8.73. The van der Waals surface area contributed by atoms with E-state index in [2.05, 4.69) is 6.07 Å². The van der Waals surface area contributed by atoms with Crippen LogP contribution in [0.4, 0.5) is 0 Å². The van der Waals surface area contributed by atoms with Gasteiger partial charge in [-0.1, -0.05) is 6.07 Å². The summed E-state index contributed by atoms with van der Waals surface area (Å²) in [6, 6.07) is 8.22. The average Bonchev–Trinajstić information content (AvgIpc) is 2.20. The predicted octanol–water partition coefficient (Wildman–Crippen LogP) is 2.45. The molecule has 0 bridgehead atoms. The fourth-order valence-electron chi connectivity index (χ4n) is 1.28. The third kappa shape index (κ3) is 3.94. The fraction of sp³-hybridized carbons (Fsp3) is 0.417. The minimum Gasteiger partial charge on any atom is -0.327 e. The van der Waals surface area contributed by atoms with Gasteiger partial charge in [0.1, 0.15) is 0 Å². The molecular formula is C12H16N2S. The lowest BCUT2D eigenvalue weighted by Crippen LogP contribution is -2.17. The number of hydrogen-bond acceptors (Lipinski definition) is 3. The molecule has 1 aromatic carbocycles. The summed E-state index contributed by atoms with van der Waals surface area (Å²) in [5.74, 6) is 1.94. The molecule has 15 heavy (non-hydrogen) atoms. The van der Waals surface area contributed by atoms with Crippen molar-refractivity contribution in [2.24, 2.45) is 5.73 Å². The van der Waals surface area contributed by atoms with Crippen LogP contribution in [0.1, 0.15) is 23.6 Å². The van der Waals surface area contributed by atoms with Gasteiger partial charge in [0.25, 0.3) is 0 Å². The first-order chi connectivity index (χ1) is 7.13. The molecule has 1 atom stereocenters. The molecule has 0 heterocycles. The Bertz CT molecular complexity index is 366. The second-order valence-corrected chi connectivity index (χ2v) is 4.78. The zero-order valence-corrected chi connectivity index (χ0v) is 9.97. The SMILES string of the molecule is Cc1cc(C#N)ccc1CSCC(C)N. The summed E-state index contributed by atoms with van der Waals surface area (Å²) in [6.07, 6.45) is 0. The van der Waals surface area contributed by atoms with E-state index in [4.69, 9.17) is 11.0 Å². The Labute approximate surface area is 95.5 Å². The van der Waals surface area contributed by atoms with E-state index in [1.807, 2.05) is 43.8 Å². The molecule has 2 nitrogen and oxygen atoms in total. The quantitative estimate of drug-likeness (QED) is 0.848. The molecule has 0 radical (unpaired) electrons. The van der Waals surface area contributed by atoms with Crippen molar-refractivity contribution in [1.29, 1.82) is 5.26 Å². The number of nitrogens with two attached hydrogens (primary N) is 1. The van der Waals surface area contributed by atoms with E-state index in [0.29, 0.717) is 0 Å². The number of nitriles is 1. The molecule has 0 saturated carbocycles. The molecule has 0 spiro atoms. The van der Waals surface area contributed by atoms with Crippen LogP contribution in [0.15, 0.2) is 18.2 Å². The van der Waals surface area contributed by atoms with Crippen molar-refractivity contribution >= 4 is 11.8 Å². The average molecular weight is 220 g/mol. The first-order valence-electron chi connectivity index (χ1n) is 4.96. The molecule has 0 amide bonds. The maximum Gasteiger partial charge on any atom is 0.0991 e. The van der Waals surface area contributed by atoms with E-state index >= 15 is 0 Å². The normalized spacial score (nSPS) is 12.1. The monoisotopic (exact) mass is 220 g/mol. The number of hydrogen-bond donors (Lipinski definition) is 1. The van der Waals surface area contributed by atoms with Crippen LogP contribution in [0.3, 0.4) is 0 Å². The lowest BCUT2D eigenvalue weighted by atomic mass is 10.1. The van der Waals surface area contributed by atoms with Crippen LogP contribution in [0, 0.1) is 18.3 Å². The Morgan fingerprint density at radius 1 is 1.53 bits per heavy atom. The third-order valence-electron chi connectivity index (χ3n) is 2.11. The van der Waals surface area contributed by atoms with E-state index in [9.17, 15) is 0 Å². The van der Waals surface area contributed by atoms with Gasteiger partial charge in [0, 0.05) is 17.5 Å². The first-order valence-corrected chi connectivity index (χ1v) is 6.12. The first kappa shape index (κ1) is 12.1. The summed E-state index contributed by atoms with van der Waals surface area (Å²) in [6.45, 7) is 4.06. The van der Waals surface area contributed by atoms with E-state index in [1.54, 1.807) is 0 Å². The Balaban J connectivity index is 2.59. The van der Waals surface area contributed by atoms with Crippen LogP contribution >= 0.6 is 11.8 Å². The molecule has 0 aromatic heterocycles. The van der Waals surface area contributed by atoms with Crippen molar-refractivity contribution in [3.8, 4) is 6.07 Å². The smallest absolute Gasteiger partial charge is 0.0991 e. The molecule has 3 heteroatoms. The summed E-state index contributed by atoms with van der Waals surface area (Å²) in [4.78, 5) is 0. The number of benzene rings is 1. The van der Waals surface area contributed by atoms with Crippen LogP contribution in [0.25, 0.3) is 0 Å². The summed E-state index contributed by atoms with van der Waals surface area (Å²) < 4.78 is 0. The van der Waals surface area contributed by atoms with Crippen molar-refractivity contribution in [3.05, 3.63) is 34.9 Å². The fourth-order valence-corrected chi connectivity index (χ4v) is 2.32. The summed E-state index contributed by atoms with van der Waals surface area (Å²) >= 11 is 1.83. The lowest BCUT2D eigenvalue weighted by Gasteiger charge is -2.07. The van der Waals surface area contributed by atoms with Crippen molar-refractivity contribution < 1.29 is 0 Å². The molecular weight excluding hydrogens is 204 g/mol. The zero-order valence-electron chi connectivity index (χ0n) is 9.16. The minimum atomic E-state index is 0.244. The number of rotatable bonds is 4. The van der Waals surface area contributed by atoms with Crippen LogP contribution < -0.4 is 5.73 Å². The topological polar surface area (TPSA) is 49.8 Å². The van der Waals surface area contributed by atoms with E-state index in [0.717, 1.165) is 17.1 Å². The van der Waals surface area contributed by atoms with Crippen molar-refractivity contribution in [3.63, 3.8) is 0 Å². The lowest BCUT2D eigenvalue weighted by molar-refractivity contribution is 0.847. The van der Waals surface area contributed by atoms with Crippen LogP contribution in [0.2, 0.25) is 0 Å². The number of nitrogens with zero attached hydrogens (tertiary/aromatic N) is 1. The second-order valence-electron chi connectivity index (χ2n) is 3.75. The predicted molar refractivity (Wildman–Crippen MR) is 65.7 cm³/mol. The van der Waals surface area contributed by atoms with Crippen molar-refractivity contribution in [2.45, 2.75) is 25.6 Å². The zero-order chi connectivity index (χ0) is 11.3. The molecule has 0 aliphatic rings. The molecule has 0 fully saturated rings. The maximum atomic E-state index is 8.73. The van der Waals surface area contributed by atoms with E-state index in [-0.39, 0.29) is 6.04 Å². The van der Waals surface area contributed by atoms with Gasteiger partial charge >= 0.3 is 0 Å². The summed E-state index contributed by atoms with van der Waals surface area (Å²) in [5, 5.41) is 8.73. The van der Waals surface area contributed by atoms with Crippen LogP contribution in [-0.4, -0.2) is 11.8 Å². The van der Waals surface area contributed by atoms with Crippen molar-refractivity contribution in [2.75, 3.05) is 5.75 Å². The van der Waals surface area contributed by atoms with Gasteiger partial charge in [-0.05, 0) is 37.1 Å². The number of aryl methyl sites for hydroxylation is 1. The van der Waals surface area contributed by atoms with Gasteiger partial charge in [0.05, 0.1) is 11.6 Å². The molecule has 0 aliphatic heterocycles. The molecule has 1 aromatic rings. The van der Waals surface area contributed by atoms with Crippen LogP contribution in [-0.2, 0) is 5.75 Å². The summed E-state index contributed by atoms with van der Waals surface area (Å²) in [5.41, 5.74) is 8.88. The van der Waals surface area contributed by atoms with Gasteiger partial charge in [-0.2, -0.15) is 17.0 Å². The van der Waals surface area contributed by atoms with E-state index in [1.165, 1.54) is 11.1 Å². The largest absolute Gasteiger partial charge is 0.327 e. The van der Waals surface area contributed by atoms with Gasteiger partial charge in [0.15, 0.2) is 0 Å². The molecule has 0 saturated heterocycles. The van der Waals surface area contributed by atoms with Gasteiger partial charge < -0.3 is 5.73 Å². The Morgan fingerprint density at radius 2 is 2.27 bits per heavy atom. The highest BCUT2D eigenvalue weighted by Gasteiger charge is 2.01. The highest BCUT2D eigenvalue weighted by molar-refractivity contribution is 7.98. The Morgan fingerprint density at radius 3 is 2.80 bits per heavy atom. The number of thioether (sulfide) groups is 1. The van der Waals surface area contributed by atoms with Gasteiger partial charge in [-0.3, -0.25) is 0 Å². The van der Waals surface area contributed by atoms with Crippen molar-refractivity contribution in [1.82, 2.24) is 0 Å². The molecule has 1 rings (SSSR count). The van der Waals surface area contributed by atoms with Gasteiger partial charge in [-0.25, -0.2) is 0 Å². The molecule has 0 aliphatic carbocycles. The highest BCUT2D eigenvalue weighted by atomic mass is 32.2. The third-order valence-corrected chi connectivity index (χ3v) is 3.39. The minimum absolute atomic E-state index is 0.244. The highest BCUT2D eigenvalue weighted by Crippen LogP contribution is 2.17. The van der Waals surface area contributed by atoms with E-state index < -0.39 is 0 Å². The Kier molecular flexibility index (Phi) is 4.67. The second kappa shape index (κ2) is 5.79. The molecule has 1 unspecified atom stereocenters. The van der Waals surface area contributed by atoms with Gasteiger partial charge in [-0.15, -0.1) is 0 Å². The van der Waals surface area contributed by atoms with Gasteiger partial charge in [0.2, 0.25) is 0 Å². The van der Waals surface area contributed by atoms with Crippen LogP contribution in [0.5, 0.6) is 0 Å². The standard InChI is InChI=1S/C12H16N2S/c1-9-5-11(6-13)3-4-12(9)8-15-7-10(2)14/h3-5,10H,7-8,14H2,1-2H3. The molecule has 80 valence electrons. The Hall–Kier alpha value is -0.980. The molecule has 2 N–H and O–H groups in total. The summed E-state index contributed by atoms with van der Waals surface area (Å²) in [7, 11) is 0.